The van der Waals surface area contributed by atoms with Crippen LogP contribution < -0.4 is 0 Å². The number of rotatable bonds is 2. The molecule has 0 amide bonds. The number of hydrogen-bond acceptors (Lipinski definition) is 3. The van der Waals surface area contributed by atoms with Gasteiger partial charge in [0.05, 0.1) is 0 Å². The van der Waals surface area contributed by atoms with Gasteiger partial charge in [-0.1, -0.05) is 6.58 Å². The molecule has 0 aromatic heterocycles. The van der Waals surface area contributed by atoms with Gasteiger partial charge < -0.3 is 5.11 Å². The quantitative estimate of drug-likeness (QED) is 0.319. The van der Waals surface area contributed by atoms with Crippen LogP contribution in [0.15, 0.2) is 12.8 Å². The van der Waals surface area contributed by atoms with Crippen molar-refractivity contribution in [3.05, 3.63) is 12.8 Å². The van der Waals surface area contributed by atoms with Crippen LogP contribution in [0.1, 0.15) is 0 Å². The van der Waals surface area contributed by atoms with Crippen LogP contribution in [0, 0.1) is 0 Å². The first-order chi connectivity index (χ1) is 3.27. The minimum absolute atomic E-state index is 0.869. The Morgan fingerprint density at radius 2 is 2.43 bits per heavy atom. The zero-order chi connectivity index (χ0) is 5.70. The van der Waals surface area contributed by atoms with Crippen molar-refractivity contribution in [2.45, 2.75) is 0 Å². The van der Waals surface area contributed by atoms with Crippen LogP contribution in [0.4, 0.5) is 4.79 Å². The molecule has 0 aromatic rings. The third-order valence-electron chi connectivity index (χ3n) is 0.187. The molecule has 40 valence electrons. The third-order valence-corrected chi connectivity index (χ3v) is 0.187. The standard InChI is InChI=1S/C3H4O4/c1-2-6-7-3(4)5/h2H,1H2,(H,4,5). The first-order valence-corrected chi connectivity index (χ1v) is 1.44. The van der Waals surface area contributed by atoms with Gasteiger partial charge in [0, 0.05) is 0 Å². The molecule has 0 fully saturated rings. The van der Waals surface area contributed by atoms with E-state index in [1.165, 1.54) is 0 Å². The van der Waals surface area contributed by atoms with E-state index >= 15 is 0 Å². The van der Waals surface area contributed by atoms with Crippen molar-refractivity contribution in [2.24, 2.45) is 0 Å². The van der Waals surface area contributed by atoms with Gasteiger partial charge in [0.2, 0.25) is 0 Å². The van der Waals surface area contributed by atoms with Crippen LogP contribution in [0.3, 0.4) is 0 Å². The zero-order valence-electron chi connectivity index (χ0n) is 3.46. The van der Waals surface area contributed by atoms with Gasteiger partial charge in [-0.25, -0.2) is 9.68 Å². The molecular formula is C3H4O4. The van der Waals surface area contributed by atoms with Crippen LogP contribution in [0.5, 0.6) is 0 Å². The normalized spacial score (nSPS) is 6.86. The van der Waals surface area contributed by atoms with Gasteiger partial charge in [-0.05, 0) is 0 Å². The lowest BCUT2D eigenvalue weighted by Gasteiger charge is -1.88. The van der Waals surface area contributed by atoms with Crippen LogP contribution in [0.25, 0.3) is 0 Å². The van der Waals surface area contributed by atoms with E-state index in [2.05, 4.69) is 16.4 Å². The summed E-state index contributed by atoms with van der Waals surface area (Å²) in [5.74, 6) is 0. The van der Waals surface area contributed by atoms with Crippen molar-refractivity contribution in [1.29, 1.82) is 0 Å². The smallest absolute Gasteiger partial charge is 0.447 e. The topological polar surface area (TPSA) is 55.8 Å². The summed E-state index contributed by atoms with van der Waals surface area (Å²) in [7, 11) is 0. The maximum absolute atomic E-state index is 9.36. The molecule has 1 N–H and O–H groups in total. The molecular weight excluding hydrogens is 100 g/mol. The molecule has 4 nitrogen and oxygen atoms in total. The summed E-state index contributed by atoms with van der Waals surface area (Å²) in [5, 5.41) is 7.65. The Balaban J connectivity index is 2.97. The molecule has 0 radical (unpaired) electrons. The molecule has 0 saturated heterocycles. The molecule has 0 aliphatic carbocycles. The minimum Gasteiger partial charge on any atom is -0.447 e. The molecule has 0 bridgehead atoms. The van der Waals surface area contributed by atoms with Gasteiger partial charge in [0.25, 0.3) is 0 Å². The predicted molar refractivity (Wildman–Crippen MR) is 20.4 cm³/mol. The second kappa shape index (κ2) is 3.02. The van der Waals surface area contributed by atoms with E-state index in [1.807, 2.05) is 0 Å². The highest BCUT2D eigenvalue weighted by Crippen LogP contribution is 1.76. The third kappa shape index (κ3) is 4.81. The van der Waals surface area contributed by atoms with E-state index in [9.17, 15) is 4.79 Å². The Morgan fingerprint density at radius 3 is 2.57 bits per heavy atom. The number of carboxylic acid groups (broad SMARTS) is 1. The van der Waals surface area contributed by atoms with E-state index in [0.717, 1.165) is 6.26 Å². The van der Waals surface area contributed by atoms with Crippen molar-refractivity contribution in [1.82, 2.24) is 0 Å². The van der Waals surface area contributed by atoms with E-state index in [4.69, 9.17) is 5.11 Å². The Kier molecular flexibility index (Phi) is 2.50. The lowest BCUT2D eigenvalue weighted by molar-refractivity contribution is -0.202. The van der Waals surface area contributed by atoms with Gasteiger partial charge in [-0.15, -0.1) is 0 Å². The van der Waals surface area contributed by atoms with E-state index in [0.29, 0.717) is 0 Å². The molecule has 0 atom stereocenters. The zero-order valence-corrected chi connectivity index (χ0v) is 3.46. The van der Waals surface area contributed by atoms with Crippen molar-refractivity contribution in [3.63, 3.8) is 0 Å². The number of carbonyl (C=O) groups is 1. The molecule has 0 unspecified atom stereocenters. The van der Waals surface area contributed by atoms with Gasteiger partial charge in [-0.3, -0.25) is 4.89 Å². The SMILES string of the molecule is C=COOC(=O)O. The highest BCUT2D eigenvalue weighted by atomic mass is 17.2. The molecule has 0 aliphatic rings. The molecule has 4 heteroatoms. The van der Waals surface area contributed by atoms with Gasteiger partial charge >= 0.3 is 6.16 Å². The Bertz CT molecular complexity index is 77.0. The molecule has 0 saturated carbocycles. The molecule has 0 aromatic carbocycles. The summed E-state index contributed by atoms with van der Waals surface area (Å²) in [6, 6.07) is 0. The van der Waals surface area contributed by atoms with Crippen LogP contribution >= 0.6 is 0 Å². The molecule has 0 spiro atoms. The van der Waals surface area contributed by atoms with Crippen molar-refractivity contribution in [2.75, 3.05) is 0 Å². The molecule has 0 heterocycles. The monoisotopic (exact) mass is 104 g/mol. The van der Waals surface area contributed by atoms with E-state index in [-0.39, 0.29) is 0 Å². The highest BCUT2D eigenvalue weighted by molar-refractivity contribution is 5.55. The largest absolute Gasteiger partial charge is 0.547 e. The van der Waals surface area contributed by atoms with Gasteiger partial charge in [0.15, 0.2) is 0 Å². The van der Waals surface area contributed by atoms with Crippen LogP contribution in [0.2, 0.25) is 0 Å². The summed E-state index contributed by atoms with van der Waals surface area (Å²) >= 11 is 0. The Morgan fingerprint density at radius 1 is 1.86 bits per heavy atom. The first kappa shape index (κ1) is 5.81. The lowest BCUT2D eigenvalue weighted by atomic mass is 11.2. The summed E-state index contributed by atoms with van der Waals surface area (Å²) in [6.45, 7) is 3.02. The molecule has 0 aliphatic heterocycles. The summed E-state index contributed by atoms with van der Waals surface area (Å²) in [4.78, 5) is 16.6. The molecule has 7 heavy (non-hydrogen) atoms. The second-order valence-electron chi connectivity index (χ2n) is 0.612. The Hall–Kier alpha value is -1.19. The van der Waals surface area contributed by atoms with Crippen LogP contribution in [-0.2, 0) is 9.78 Å². The summed E-state index contributed by atoms with van der Waals surface area (Å²) < 4.78 is 0. The van der Waals surface area contributed by atoms with Crippen molar-refractivity contribution >= 4 is 6.16 Å². The highest BCUT2D eigenvalue weighted by Gasteiger charge is 1.90. The van der Waals surface area contributed by atoms with Crippen molar-refractivity contribution in [3.8, 4) is 0 Å². The average molecular weight is 104 g/mol. The van der Waals surface area contributed by atoms with E-state index < -0.39 is 6.16 Å². The molecule has 0 rings (SSSR count). The Labute approximate surface area is 39.9 Å². The summed E-state index contributed by atoms with van der Waals surface area (Å²) in [5.41, 5.74) is 0. The minimum atomic E-state index is -1.49. The maximum Gasteiger partial charge on any atom is 0.547 e. The lowest BCUT2D eigenvalue weighted by Crippen LogP contribution is -1.95. The number of hydrogen-bond donors (Lipinski definition) is 1. The average Bonchev–Trinajstić information content (AvgIpc) is 1.61. The fourth-order valence-electron chi connectivity index (χ4n) is 0.0752. The van der Waals surface area contributed by atoms with Gasteiger partial charge in [-0.2, -0.15) is 0 Å². The fourth-order valence-corrected chi connectivity index (χ4v) is 0.0752. The second-order valence-corrected chi connectivity index (χ2v) is 0.612. The first-order valence-electron chi connectivity index (χ1n) is 1.44. The maximum atomic E-state index is 9.36. The summed E-state index contributed by atoms with van der Waals surface area (Å²) in [6.07, 6.45) is -0.617. The fraction of sp³-hybridized carbons (Fsp3) is 0. The van der Waals surface area contributed by atoms with Crippen molar-refractivity contribution < 1.29 is 19.7 Å². The van der Waals surface area contributed by atoms with Crippen LogP contribution in [-0.4, -0.2) is 11.3 Å². The van der Waals surface area contributed by atoms with E-state index in [1.54, 1.807) is 0 Å². The predicted octanol–water partition coefficient (Wildman–Crippen LogP) is 0.756. The van der Waals surface area contributed by atoms with Gasteiger partial charge in [0.1, 0.15) is 6.26 Å².